The zero-order valence-corrected chi connectivity index (χ0v) is 31.3. The lowest BCUT2D eigenvalue weighted by Crippen LogP contribution is -2.53. The third-order valence-corrected chi connectivity index (χ3v) is 15.0. The molecule has 6 rings (SSSR count). The van der Waals surface area contributed by atoms with Gasteiger partial charge in [-0.25, -0.2) is 0 Å². The second-order valence-electron chi connectivity index (χ2n) is 17.1. The number of ketones is 1. The summed E-state index contributed by atoms with van der Waals surface area (Å²) in [6.07, 6.45) is 10.0. The summed E-state index contributed by atoms with van der Waals surface area (Å²) in [5, 5.41) is 9.97. The predicted molar refractivity (Wildman–Crippen MR) is 192 cm³/mol. The van der Waals surface area contributed by atoms with E-state index in [0.717, 1.165) is 64.2 Å². The summed E-state index contributed by atoms with van der Waals surface area (Å²) in [6.45, 7) is 18.0. The van der Waals surface area contributed by atoms with Crippen LogP contribution in [-0.4, -0.2) is 30.6 Å². The van der Waals surface area contributed by atoms with Crippen LogP contribution in [0.4, 0.5) is 0 Å². The maximum absolute atomic E-state index is 13.2. The third-order valence-electron chi connectivity index (χ3n) is 13.9. The van der Waals surface area contributed by atoms with Crippen molar-refractivity contribution < 1.29 is 19.4 Å². The number of benzene rings is 2. The Morgan fingerprint density at radius 1 is 0.766 bits per heavy atom. The topological polar surface area (TPSA) is 63.6 Å². The Labute approximate surface area is 288 Å². The number of carbonyl (C=O) groups excluding carboxylic acids is 2. The van der Waals surface area contributed by atoms with E-state index in [0.29, 0.717) is 11.8 Å². The second-order valence-corrected chi connectivity index (χ2v) is 18.2. The van der Waals surface area contributed by atoms with Crippen LogP contribution in [0.15, 0.2) is 34.1 Å². The summed E-state index contributed by atoms with van der Waals surface area (Å²) in [5.41, 5.74) is 7.52. The molecule has 0 bridgehead atoms. The molecule has 2 aromatic carbocycles. The fraction of sp³-hybridized carbons (Fsp3) is 0.667. The first kappa shape index (κ1) is 34.7. The van der Waals surface area contributed by atoms with E-state index in [1.54, 1.807) is 7.11 Å². The molecular formula is C42H58O4S. The molecule has 2 aromatic rings. The molecule has 0 saturated heterocycles. The van der Waals surface area contributed by atoms with Crippen molar-refractivity contribution in [1.29, 1.82) is 0 Å². The Bertz CT molecular complexity index is 1460. The van der Waals surface area contributed by atoms with Crippen LogP contribution < -0.4 is 0 Å². The second kappa shape index (κ2) is 12.3. The fourth-order valence-corrected chi connectivity index (χ4v) is 12.6. The van der Waals surface area contributed by atoms with E-state index < -0.39 is 10.8 Å². The largest absolute Gasteiger partial charge is 0.469 e. The van der Waals surface area contributed by atoms with Crippen LogP contribution in [0.2, 0.25) is 0 Å². The predicted octanol–water partition coefficient (Wildman–Crippen LogP) is 9.84. The minimum atomic E-state index is -0.475. The molecule has 6 unspecified atom stereocenters. The van der Waals surface area contributed by atoms with E-state index in [2.05, 4.69) is 79.7 Å². The van der Waals surface area contributed by atoms with Gasteiger partial charge < -0.3 is 9.84 Å². The molecule has 0 aliphatic heterocycles. The van der Waals surface area contributed by atoms with Crippen molar-refractivity contribution in [3.8, 4) is 0 Å². The SMILES string of the molecule is COC(=O)C1(C)CCCC2(C)c3cc(Sc4cc5c(cc4C(C)C)CCC4C(C)(C(=O)CO)CCCC54C)c(C(C)C)cc3CCC12. The number of esters is 1. The first-order valence-corrected chi connectivity index (χ1v) is 19.2. The van der Waals surface area contributed by atoms with E-state index in [-0.39, 0.29) is 41.0 Å². The molecule has 0 radical (unpaired) electrons. The highest BCUT2D eigenvalue weighted by Crippen LogP contribution is 2.60. The fourth-order valence-electron chi connectivity index (χ4n) is 11.2. The first-order chi connectivity index (χ1) is 22.1. The van der Waals surface area contributed by atoms with Crippen molar-refractivity contribution >= 4 is 23.5 Å². The van der Waals surface area contributed by atoms with Gasteiger partial charge in [0.2, 0.25) is 0 Å². The minimum absolute atomic E-state index is 0.0127. The molecule has 47 heavy (non-hydrogen) atoms. The van der Waals surface area contributed by atoms with Crippen LogP contribution >= 0.6 is 11.8 Å². The van der Waals surface area contributed by atoms with Gasteiger partial charge >= 0.3 is 5.97 Å². The lowest BCUT2D eigenvalue weighted by molar-refractivity contribution is -0.161. The number of carbonyl (C=O) groups is 2. The highest BCUT2D eigenvalue weighted by Gasteiger charge is 2.56. The number of hydrogen-bond donors (Lipinski definition) is 1. The Morgan fingerprint density at radius 3 is 1.64 bits per heavy atom. The minimum Gasteiger partial charge on any atom is -0.469 e. The summed E-state index contributed by atoms with van der Waals surface area (Å²) in [5.74, 6) is 1.25. The summed E-state index contributed by atoms with van der Waals surface area (Å²) in [7, 11) is 1.55. The van der Waals surface area contributed by atoms with Crippen molar-refractivity contribution in [2.45, 2.75) is 152 Å². The Balaban J connectivity index is 1.47. The Morgan fingerprint density at radius 2 is 1.21 bits per heavy atom. The van der Waals surface area contributed by atoms with Gasteiger partial charge in [0.1, 0.15) is 6.61 Å². The standard InChI is InChI=1S/C42H58O4S/c1-25(2)29-20-27-12-14-35-39(5,16-10-18-41(35,7)37(44)24-43)31(27)22-33(29)47-34-23-32-28(21-30(34)26(3)4)13-15-36-40(32,6)17-11-19-42(36,8)38(45)46-9/h20-23,25-26,35-36,43H,10-19,24H2,1-9H3. The summed E-state index contributed by atoms with van der Waals surface area (Å²) < 4.78 is 5.41. The quantitative estimate of drug-likeness (QED) is 0.300. The van der Waals surface area contributed by atoms with E-state index >= 15 is 0 Å². The average molecular weight is 659 g/mol. The highest BCUT2D eigenvalue weighted by molar-refractivity contribution is 7.99. The maximum Gasteiger partial charge on any atom is 0.311 e. The van der Waals surface area contributed by atoms with Gasteiger partial charge in [-0.2, -0.15) is 0 Å². The van der Waals surface area contributed by atoms with Gasteiger partial charge in [0.25, 0.3) is 0 Å². The van der Waals surface area contributed by atoms with Crippen LogP contribution in [0, 0.1) is 22.7 Å². The van der Waals surface area contributed by atoms with Crippen molar-refractivity contribution in [2.75, 3.05) is 13.7 Å². The Kier molecular flexibility index (Phi) is 9.12. The molecule has 4 nitrogen and oxygen atoms in total. The molecule has 2 saturated carbocycles. The molecule has 256 valence electrons. The number of Topliss-reactive ketones (excluding diaryl/α,β-unsaturated/α-hetero) is 1. The molecule has 0 heterocycles. The Hall–Kier alpha value is -2.11. The number of methoxy groups -OCH3 is 1. The van der Waals surface area contributed by atoms with Gasteiger partial charge in [-0.05, 0) is 138 Å². The van der Waals surface area contributed by atoms with Crippen molar-refractivity contribution in [2.24, 2.45) is 22.7 Å². The number of aliphatic hydroxyl groups excluding tert-OH is 1. The number of rotatable bonds is 7. The molecule has 1 N–H and O–H groups in total. The lowest BCUT2D eigenvalue weighted by atomic mass is 9.49. The van der Waals surface area contributed by atoms with Crippen LogP contribution in [0.25, 0.3) is 0 Å². The normalized spacial score (nSPS) is 33.1. The zero-order valence-electron chi connectivity index (χ0n) is 30.5. The molecule has 0 aromatic heterocycles. The number of fused-ring (bicyclic) bond motifs is 6. The number of hydrogen-bond acceptors (Lipinski definition) is 5. The van der Waals surface area contributed by atoms with Gasteiger partial charge in [0.05, 0.1) is 12.5 Å². The van der Waals surface area contributed by atoms with Gasteiger partial charge in [0, 0.05) is 15.2 Å². The van der Waals surface area contributed by atoms with Crippen LogP contribution in [0.1, 0.15) is 152 Å². The molecule has 6 atom stereocenters. The van der Waals surface area contributed by atoms with Crippen molar-refractivity contribution in [3.05, 3.63) is 57.6 Å². The maximum atomic E-state index is 13.2. The monoisotopic (exact) mass is 658 g/mol. The molecule has 2 fully saturated rings. The van der Waals surface area contributed by atoms with Gasteiger partial charge in [0.15, 0.2) is 5.78 Å². The van der Waals surface area contributed by atoms with Crippen LogP contribution in [-0.2, 0) is 38.0 Å². The van der Waals surface area contributed by atoms with E-state index in [1.807, 2.05) is 11.8 Å². The number of aliphatic hydroxyl groups is 1. The molecule has 0 amide bonds. The van der Waals surface area contributed by atoms with Crippen LogP contribution in [0.5, 0.6) is 0 Å². The molecule has 4 aliphatic rings. The number of ether oxygens (including phenoxy) is 1. The van der Waals surface area contributed by atoms with E-state index in [4.69, 9.17) is 4.74 Å². The van der Waals surface area contributed by atoms with Crippen LogP contribution in [0.3, 0.4) is 0 Å². The summed E-state index contributed by atoms with van der Waals surface area (Å²) >= 11 is 1.94. The molecule has 4 aliphatic carbocycles. The first-order valence-electron chi connectivity index (χ1n) is 18.4. The van der Waals surface area contributed by atoms with Crippen molar-refractivity contribution in [3.63, 3.8) is 0 Å². The third kappa shape index (κ3) is 5.36. The van der Waals surface area contributed by atoms with Gasteiger partial charge in [-0.1, -0.05) is 85.2 Å². The zero-order chi connectivity index (χ0) is 34.1. The smallest absolute Gasteiger partial charge is 0.311 e. The van der Waals surface area contributed by atoms with E-state index in [9.17, 15) is 14.7 Å². The van der Waals surface area contributed by atoms with Crippen molar-refractivity contribution in [1.82, 2.24) is 0 Å². The average Bonchev–Trinajstić information content (AvgIpc) is 3.03. The molecule has 0 spiro atoms. The van der Waals surface area contributed by atoms with E-state index in [1.165, 1.54) is 43.2 Å². The molecule has 5 heteroatoms. The lowest BCUT2D eigenvalue weighted by Gasteiger charge is -2.55. The summed E-state index contributed by atoms with van der Waals surface area (Å²) in [6, 6.07) is 10.0. The summed E-state index contributed by atoms with van der Waals surface area (Å²) in [4.78, 5) is 29.1. The van der Waals surface area contributed by atoms with Gasteiger partial charge in [-0.3, -0.25) is 9.59 Å². The highest BCUT2D eigenvalue weighted by atomic mass is 32.2. The molecular weight excluding hydrogens is 601 g/mol. The van der Waals surface area contributed by atoms with Gasteiger partial charge in [-0.15, -0.1) is 0 Å². The number of aryl methyl sites for hydroxylation is 2.